The molecule has 20 heavy (non-hydrogen) atoms. The van der Waals surface area contributed by atoms with Crippen molar-refractivity contribution in [2.75, 3.05) is 32.1 Å². The Hall–Kier alpha value is -1.53. The van der Waals surface area contributed by atoms with E-state index >= 15 is 0 Å². The van der Waals surface area contributed by atoms with Gasteiger partial charge < -0.3 is 9.80 Å². The van der Waals surface area contributed by atoms with Crippen LogP contribution >= 0.6 is 0 Å². The molecule has 0 saturated carbocycles. The first-order valence-electron chi connectivity index (χ1n) is 7.45. The van der Waals surface area contributed by atoms with Crippen molar-refractivity contribution in [3.05, 3.63) is 35.2 Å². The van der Waals surface area contributed by atoms with Gasteiger partial charge in [0.25, 0.3) is 0 Å². The van der Waals surface area contributed by atoms with Crippen molar-refractivity contribution < 1.29 is 0 Å². The molecule has 0 N–H and O–H groups in total. The molecular weight excluding hydrogens is 246 g/mol. The lowest BCUT2D eigenvalue weighted by Crippen LogP contribution is -2.42. The van der Waals surface area contributed by atoms with Gasteiger partial charge in [-0.3, -0.25) is 0 Å². The van der Waals surface area contributed by atoms with E-state index < -0.39 is 0 Å². The zero-order valence-electron chi connectivity index (χ0n) is 13.1. The van der Waals surface area contributed by atoms with Gasteiger partial charge in [0, 0.05) is 24.8 Å². The molecule has 0 aliphatic carbocycles. The van der Waals surface area contributed by atoms with Crippen LogP contribution in [0.2, 0.25) is 0 Å². The summed E-state index contributed by atoms with van der Waals surface area (Å²) in [5.41, 5.74) is 3.17. The van der Waals surface area contributed by atoms with Crippen molar-refractivity contribution >= 4 is 11.4 Å². The maximum atomic E-state index is 7.44. The zero-order chi connectivity index (χ0) is 14.7. The summed E-state index contributed by atoms with van der Waals surface area (Å²) in [6.07, 6.45) is 2.35. The Morgan fingerprint density at radius 2 is 1.90 bits per heavy atom. The topological polar surface area (TPSA) is 10.8 Å². The summed E-state index contributed by atoms with van der Waals surface area (Å²) in [5, 5.41) is 0. The number of hydrogen-bond acceptors (Lipinski definition) is 2. The van der Waals surface area contributed by atoms with Crippen molar-refractivity contribution in [1.29, 1.82) is 0 Å². The number of nitrogens with zero attached hydrogens (tertiary/aromatic N) is 3. The first kappa shape index (κ1) is 14.9. The molecule has 0 radical (unpaired) electrons. The summed E-state index contributed by atoms with van der Waals surface area (Å²) in [6.45, 7) is 13.9. The molecule has 3 heteroatoms. The Morgan fingerprint density at radius 3 is 2.40 bits per heavy atom. The highest BCUT2D eigenvalue weighted by Crippen LogP contribution is 2.34. The van der Waals surface area contributed by atoms with Gasteiger partial charge >= 0.3 is 0 Å². The fraction of sp³-hybridized carbons (Fsp3) is 0.588. The minimum Gasteiger partial charge on any atom is -0.380 e. The molecule has 1 saturated heterocycles. The Balaban J connectivity index is 2.16. The molecule has 1 fully saturated rings. The van der Waals surface area contributed by atoms with Crippen LogP contribution in [0.3, 0.4) is 0 Å². The number of rotatable bonds is 3. The molecule has 3 nitrogen and oxygen atoms in total. The van der Waals surface area contributed by atoms with Crippen LogP contribution in [0.4, 0.5) is 11.4 Å². The van der Waals surface area contributed by atoms with Crippen LogP contribution in [-0.4, -0.2) is 38.1 Å². The van der Waals surface area contributed by atoms with Gasteiger partial charge in [0.1, 0.15) is 0 Å². The Bertz CT molecular complexity index is 491. The maximum Gasteiger partial charge on any atom is 0.210 e. The number of anilines is 1. The SMILES string of the molecule is [C-]#[N+]c1cc(C(C)C)ccc1N1CCC(N(C)C)CC1. The summed E-state index contributed by atoms with van der Waals surface area (Å²) in [5.74, 6) is 0.476. The van der Waals surface area contributed by atoms with Crippen molar-refractivity contribution in [1.82, 2.24) is 4.90 Å². The molecule has 1 aromatic carbocycles. The molecule has 0 bridgehead atoms. The zero-order valence-corrected chi connectivity index (χ0v) is 13.1. The number of piperidine rings is 1. The standard InChI is InChI=1S/C17H25N3/c1-13(2)14-6-7-17(16(12-14)18-3)20-10-8-15(9-11-20)19(4)5/h6-7,12-13,15H,8-11H2,1-2,4-5H3. The van der Waals surface area contributed by atoms with Crippen LogP contribution in [0.5, 0.6) is 0 Å². The summed E-state index contributed by atoms with van der Waals surface area (Å²) >= 11 is 0. The average Bonchev–Trinajstić information content (AvgIpc) is 2.46. The van der Waals surface area contributed by atoms with Crippen LogP contribution in [0.25, 0.3) is 4.85 Å². The Morgan fingerprint density at radius 1 is 1.25 bits per heavy atom. The van der Waals surface area contributed by atoms with Gasteiger partial charge in [-0.05, 0) is 38.9 Å². The first-order valence-corrected chi connectivity index (χ1v) is 7.45. The molecule has 0 unspecified atom stereocenters. The van der Waals surface area contributed by atoms with E-state index in [1.807, 2.05) is 0 Å². The lowest BCUT2D eigenvalue weighted by atomic mass is 10.00. The van der Waals surface area contributed by atoms with Gasteiger partial charge in [-0.15, -0.1) is 0 Å². The largest absolute Gasteiger partial charge is 0.380 e. The lowest BCUT2D eigenvalue weighted by molar-refractivity contribution is 0.250. The van der Waals surface area contributed by atoms with E-state index in [1.165, 1.54) is 18.4 Å². The van der Waals surface area contributed by atoms with Crippen molar-refractivity contribution in [3.63, 3.8) is 0 Å². The van der Waals surface area contributed by atoms with Crippen molar-refractivity contribution in [2.24, 2.45) is 0 Å². The molecule has 1 aliphatic rings. The molecule has 1 heterocycles. The monoisotopic (exact) mass is 271 g/mol. The van der Waals surface area contributed by atoms with Crippen LogP contribution in [0.1, 0.15) is 38.2 Å². The Labute approximate surface area is 123 Å². The quantitative estimate of drug-likeness (QED) is 0.772. The van der Waals surface area contributed by atoms with Gasteiger partial charge in [0.05, 0.1) is 6.57 Å². The van der Waals surface area contributed by atoms with Crippen LogP contribution in [-0.2, 0) is 0 Å². The first-order chi connectivity index (χ1) is 9.52. The van der Waals surface area contributed by atoms with E-state index in [0.717, 1.165) is 24.5 Å². The summed E-state index contributed by atoms with van der Waals surface area (Å²) < 4.78 is 0. The van der Waals surface area contributed by atoms with E-state index in [0.29, 0.717) is 12.0 Å². The second kappa shape index (κ2) is 6.28. The van der Waals surface area contributed by atoms with Crippen LogP contribution in [0.15, 0.2) is 18.2 Å². The normalized spacial score (nSPS) is 16.8. The second-order valence-electron chi connectivity index (χ2n) is 6.20. The molecule has 1 aliphatic heterocycles. The highest BCUT2D eigenvalue weighted by Gasteiger charge is 2.22. The molecular formula is C17H25N3. The number of hydrogen-bond donors (Lipinski definition) is 0. The third kappa shape index (κ3) is 3.13. The van der Waals surface area contributed by atoms with E-state index in [-0.39, 0.29) is 0 Å². The lowest BCUT2D eigenvalue weighted by Gasteiger charge is -2.37. The predicted molar refractivity (Wildman–Crippen MR) is 85.7 cm³/mol. The van der Waals surface area contributed by atoms with Gasteiger partial charge in [0.2, 0.25) is 5.69 Å². The second-order valence-corrected chi connectivity index (χ2v) is 6.20. The van der Waals surface area contributed by atoms with Gasteiger partial charge in [-0.25, -0.2) is 4.85 Å². The van der Waals surface area contributed by atoms with E-state index in [2.05, 4.69) is 60.8 Å². The van der Waals surface area contributed by atoms with E-state index in [4.69, 9.17) is 6.57 Å². The highest BCUT2D eigenvalue weighted by molar-refractivity contribution is 5.72. The summed E-state index contributed by atoms with van der Waals surface area (Å²) in [6, 6.07) is 7.05. The van der Waals surface area contributed by atoms with Crippen molar-refractivity contribution in [2.45, 2.75) is 38.6 Å². The van der Waals surface area contributed by atoms with E-state index in [9.17, 15) is 0 Å². The Kier molecular flexibility index (Phi) is 4.67. The molecule has 0 atom stereocenters. The molecule has 0 aromatic heterocycles. The third-order valence-corrected chi connectivity index (χ3v) is 4.32. The fourth-order valence-corrected chi connectivity index (χ4v) is 2.88. The summed E-state index contributed by atoms with van der Waals surface area (Å²) in [7, 11) is 4.31. The van der Waals surface area contributed by atoms with E-state index in [1.54, 1.807) is 0 Å². The summed E-state index contributed by atoms with van der Waals surface area (Å²) in [4.78, 5) is 8.43. The predicted octanol–water partition coefficient (Wildman–Crippen LogP) is 3.89. The van der Waals surface area contributed by atoms with Gasteiger partial charge in [-0.2, -0.15) is 0 Å². The van der Waals surface area contributed by atoms with Crippen molar-refractivity contribution in [3.8, 4) is 0 Å². The van der Waals surface area contributed by atoms with Gasteiger partial charge in [-0.1, -0.05) is 31.5 Å². The average molecular weight is 271 g/mol. The molecule has 0 spiro atoms. The minimum absolute atomic E-state index is 0.476. The molecule has 1 aromatic rings. The van der Waals surface area contributed by atoms with Crippen LogP contribution in [0, 0.1) is 6.57 Å². The molecule has 0 amide bonds. The molecule has 108 valence electrons. The van der Waals surface area contributed by atoms with Gasteiger partial charge in [0.15, 0.2) is 0 Å². The number of benzene rings is 1. The fourth-order valence-electron chi connectivity index (χ4n) is 2.88. The van der Waals surface area contributed by atoms with Crippen LogP contribution < -0.4 is 4.90 Å². The molecule has 2 rings (SSSR count). The highest BCUT2D eigenvalue weighted by atomic mass is 15.2. The smallest absolute Gasteiger partial charge is 0.210 e. The minimum atomic E-state index is 0.476. The third-order valence-electron chi connectivity index (χ3n) is 4.32. The maximum absolute atomic E-state index is 7.44.